The van der Waals surface area contributed by atoms with Gasteiger partial charge in [-0.05, 0) is 67.3 Å². The van der Waals surface area contributed by atoms with E-state index >= 15 is 0 Å². The molecule has 2 aromatic carbocycles. The highest BCUT2D eigenvalue weighted by molar-refractivity contribution is 5.79. The van der Waals surface area contributed by atoms with E-state index in [-0.39, 0.29) is 11.9 Å². The summed E-state index contributed by atoms with van der Waals surface area (Å²) in [5.74, 6) is 0.475. The van der Waals surface area contributed by atoms with Crippen LogP contribution in [0.2, 0.25) is 0 Å². The van der Waals surface area contributed by atoms with Gasteiger partial charge in [0.25, 0.3) is 0 Å². The third-order valence-corrected chi connectivity index (χ3v) is 6.37. The smallest absolute Gasteiger partial charge is 0.237 e. The van der Waals surface area contributed by atoms with Crippen LogP contribution in [0, 0.1) is 11.3 Å². The molecule has 1 atom stereocenters. The summed E-state index contributed by atoms with van der Waals surface area (Å²) in [7, 11) is 0. The molecular formula is C25H29N3O. The molecular weight excluding hydrogens is 358 g/mol. The molecule has 0 bridgehead atoms. The largest absolute Gasteiger partial charge is 0.326 e. The summed E-state index contributed by atoms with van der Waals surface area (Å²) in [5, 5.41) is 12.5. The third-order valence-electron chi connectivity index (χ3n) is 6.37. The fourth-order valence-corrected chi connectivity index (χ4v) is 4.88. The van der Waals surface area contributed by atoms with E-state index in [0.29, 0.717) is 19.0 Å². The van der Waals surface area contributed by atoms with E-state index in [1.807, 2.05) is 0 Å². The fourth-order valence-electron chi connectivity index (χ4n) is 4.88. The highest BCUT2D eigenvalue weighted by Crippen LogP contribution is 2.36. The van der Waals surface area contributed by atoms with Gasteiger partial charge in [0.15, 0.2) is 0 Å². The minimum atomic E-state index is -0.233. The van der Waals surface area contributed by atoms with E-state index in [4.69, 9.17) is 5.26 Å². The Hall–Kier alpha value is -2.64. The van der Waals surface area contributed by atoms with Crippen LogP contribution in [0.3, 0.4) is 0 Å². The second kappa shape index (κ2) is 9.24. The molecule has 4 rings (SSSR count). The lowest BCUT2D eigenvalue weighted by Crippen LogP contribution is -2.40. The number of hydrogen-bond acceptors (Lipinski definition) is 3. The summed E-state index contributed by atoms with van der Waals surface area (Å²) >= 11 is 0. The summed E-state index contributed by atoms with van der Waals surface area (Å²) in [6, 6.07) is 19.7. The normalized spacial score (nSPS) is 18.6. The number of nitrogens with one attached hydrogen (secondary N) is 1. The number of likely N-dealkylation sites (tertiary alicyclic amines) is 1. The zero-order chi connectivity index (χ0) is 20.1. The van der Waals surface area contributed by atoms with Crippen molar-refractivity contribution >= 4 is 5.91 Å². The maximum Gasteiger partial charge on any atom is 0.237 e. The fraction of sp³-hybridized carbons (Fsp3) is 0.440. The average molecular weight is 388 g/mol. The number of amides is 1. The van der Waals surface area contributed by atoms with E-state index in [1.165, 1.54) is 22.3 Å². The van der Waals surface area contributed by atoms with Crippen LogP contribution in [0.4, 0.5) is 0 Å². The Morgan fingerprint density at radius 1 is 1.07 bits per heavy atom. The Kier molecular flexibility index (Phi) is 6.27. The van der Waals surface area contributed by atoms with Crippen molar-refractivity contribution in [3.63, 3.8) is 0 Å². The Bertz CT molecular complexity index is 853. The van der Waals surface area contributed by atoms with Crippen LogP contribution in [0.5, 0.6) is 0 Å². The number of fused-ring (bicyclic) bond motifs is 2. The van der Waals surface area contributed by atoms with Crippen LogP contribution in [0.25, 0.3) is 0 Å². The van der Waals surface area contributed by atoms with Crippen LogP contribution in [-0.4, -0.2) is 36.5 Å². The number of carbonyl (C=O) groups excluding carboxylic acids is 1. The zero-order valence-electron chi connectivity index (χ0n) is 16.9. The van der Waals surface area contributed by atoms with E-state index in [0.717, 1.165) is 45.1 Å². The van der Waals surface area contributed by atoms with Gasteiger partial charge in [-0.2, -0.15) is 5.26 Å². The first-order valence-corrected chi connectivity index (χ1v) is 10.8. The quantitative estimate of drug-likeness (QED) is 0.767. The standard InChI is InChI=1S/C25H29N3O/c26-17-21-9-6-16-28(21)25(29)18-27-15-5-12-24-22-10-3-1-7-19(22)13-14-20-8-2-4-11-23(20)24/h1-4,7-8,10-11,21,24,27H,5-6,9,12-16,18H2/t21-/m0/s1. The molecule has 2 aliphatic rings. The summed E-state index contributed by atoms with van der Waals surface area (Å²) in [6.45, 7) is 1.86. The maximum atomic E-state index is 12.4. The summed E-state index contributed by atoms with van der Waals surface area (Å²) in [4.78, 5) is 14.1. The summed E-state index contributed by atoms with van der Waals surface area (Å²) in [6.07, 6.45) is 6.04. The number of benzene rings is 2. The molecule has 0 radical (unpaired) electrons. The van der Waals surface area contributed by atoms with Crippen LogP contribution >= 0.6 is 0 Å². The molecule has 0 unspecified atom stereocenters. The molecule has 4 heteroatoms. The molecule has 1 heterocycles. The molecule has 1 aliphatic heterocycles. The van der Waals surface area contributed by atoms with Gasteiger partial charge in [0.2, 0.25) is 5.91 Å². The topological polar surface area (TPSA) is 56.1 Å². The van der Waals surface area contributed by atoms with Crippen molar-refractivity contribution < 1.29 is 4.79 Å². The maximum absolute atomic E-state index is 12.4. The molecule has 4 nitrogen and oxygen atoms in total. The van der Waals surface area contributed by atoms with Crippen LogP contribution in [0.15, 0.2) is 48.5 Å². The Balaban J connectivity index is 1.35. The zero-order valence-corrected chi connectivity index (χ0v) is 16.9. The van der Waals surface area contributed by atoms with Gasteiger partial charge in [-0.15, -0.1) is 0 Å². The average Bonchev–Trinajstić information content (AvgIpc) is 3.18. The minimum Gasteiger partial charge on any atom is -0.326 e. The number of rotatable bonds is 6. The molecule has 1 saturated heterocycles. The van der Waals surface area contributed by atoms with Gasteiger partial charge in [0, 0.05) is 12.5 Å². The molecule has 2 aromatic rings. The van der Waals surface area contributed by atoms with Crippen LogP contribution < -0.4 is 5.32 Å². The molecule has 0 saturated carbocycles. The Morgan fingerprint density at radius 2 is 1.72 bits per heavy atom. The Morgan fingerprint density at radius 3 is 2.38 bits per heavy atom. The number of nitriles is 1. The first-order chi connectivity index (χ1) is 14.3. The second-order valence-corrected chi connectivity index (χ2v) is 8.14. The summed E-state index contributed by atoms with van der Waals surface area (Å²) in [5.41, 5.74) is 5.85. The lowest BCUT2D eigenvalue weighted by Gasteiger charge is -2.21. The molecule has 1 amide bonds. The van der Waals surface area contributed by atoms with Crippen molar-refractivity contribution in [2.75, 3.05) is 19.6 Å². The predicted molar refractivity (Wildman–Crippen MR) is 115 cm³/mol. The van der Waals surface area contributed by atoms with Crippen molar-refractivity contribution in [1.82, 2.24) is 10.2 Å². The van der Waals surface area contributed by atoms with E-state index in [1.54, 1.807) is 4.90 Å². The molecule has 1 fully saturated rings. The van der Waals surface area contributed by atoms with Crippen LogP contribution in [-0.2, 0) is 17.6 Å². The molecule has 1 aliphatic carbocycles. The van der Waals surface area contributed by atoms with Crippen molar-refractivity contribution in [3.8, 4) is 6.07 Å². The lowest BCUT2D eigenvalue weighted by atomic mass is 9.85. The number of hydrogen-bond donors (Lipinski definition) is 1. The first kappa shape index (κ1) is 19.7. The number of aryl methyl sites for hydroxylation is 2. The first-order valence-electron chi connectivity index (χ1n) is 10.8. The monoisotopic (exact) mass is 387 g/mol. The third kappa shape index (κ3) is 4.36. The SMILES string of the molecule is N#C[C@@H]1CCCN1C(=O)CNCCCC1c2ccccc2CCc2ccccc21. The Labute approximate surface area is 173 Å². The number of nitrogens with zero attached hydrogens (tertiary/aromatic N) is 2. The molecule has 0 aromatic heterocycles. The molecule has 29 heavy (non-hydrogen) atoms. The van der Waals surface area contributed by atoms with Gasteiger partial charge in [-0.1, -0.05) is 48.5 Å². The van der Waals surface area contributed by atoms with E-state index in [9.17, 15) is 4.79 Å². The van der Waals surface area contributed by atoms with Crippen molar-refractivity contribution in [2.45, 2.75) is 50.5 Å². The molecule has 0 spiro atoms. The van der Waals surface area contributed by atoms with Gasteiger partial charge in [0.05, 0.1) is 12.6 Å². The van der Waals surface area contributed by atoms with Gasteiger partial charge in [-0.25, -0.2) is 0 Å². The van der Waals surface area contributed by atoms with Gasteiger partial charge in [-0.3, -0.25) is 4.79 Å². The van der Waals surface area contributed by atoms with Crippen LogP contribution in [0.1, 0.15) is 53.9 Å². The van der Waals surface area contributed by atoms with Crippen molar-refractivity contribution in [1.29, 1.82) is 5.26 Å². The predicted octanol–water partition coefficient (Wildman–Crippen LogP) is 3.80. The second-order valence-electron chi connectivity index (χ2n) is 8.14. The molecule has 150 valence electrons. The van der Waals surface area contributed by atoms with E-state index in [2.05, 4.69) is 59.9 Å². The van der Waals surface area contributed by atoms with Crippen molar-refractivity contribution in [2.24, 2.45) is 0 Å². The minimum absolute atomic E-state index is 0.0548. The van der Waals surface area contributed by atoms with Gasteiger partial charge < -0.3 is 10.2 Å². The van der Waals surface area contributed by atoms with Crippen molar-refractivity contribution in [3.05, 3.63) is 70.8 Å². The number of carbonyl (C=O) groups is 1. The lowest BCUT2D eigenvalue weighted by molar-refractivity contribution is -0.130. The van der Waals surface area contributed by atoms with E-state index < -0.39 is 0 Å². The molecule has 1 N–H and O–H groups in total. The summed E-state index contributed by atoms with van der Waals surface area (Å²) < 4.78 is 0. The van der Waals surface area contributed by atoms with Gasteiger partial charge >= 0.3 is 0 Å². The highest BCUT2D eigenvalue weighted by Gasteiger charge is 2.28. The van der Waals surface area contributed by atoms with Gasteiger partial charge in [0.1, 0.15) is 6.04 Å². The highest BCUT2D eigenvalue weighted by atomic mass is 16.2.